The van der Waals surface area contributed by atoms with Crippen LogP contribution in [0.3, 0.4) is 0 Å². The Hall–Kier alpha value is -2.49. The summed E-state index contributed by atoms with van der Waals surface area (Å²) < 4.78 is 52.6. The van der Waals surface area contributed by atoms with Crippen LogP contribution in [0, 0.1) is 11.7 Å². The zero-order valence-electron chi connectivity index (χ0n) is 21.4. The zero-order valence-corrected chi connectivity index (χ0v) is 21.4. The molecule has 2 fully saturated rings. The molecule has 2 aliphatic heterocycles. The Morgan fingerprint density at radius 1 is 1.14 bits per heavy atom. The molecule has 1 aromatic rings. The van der Waals surface area contributed by atoms with Gasteiger partial charge in [0.25, 0.3) is 5.92 Å². The molecule has 2 saturated heterocycles. The highest BCUT2D eigenvalue weighted by Gasteiger charge is 2.42. The van der Waals surface area contributed by atoms with Gasteiger partial charge in [-0.2, -0.15) is 0 Å². The van der Waals surface area contributed by atoms with Crippen molar-refractivity contribution >= 4 is 12.0 Å². The monoisotopic (exact) mass is 513 g/mol. The number of ether oxygens (including phenoxy) is 2. The molecule has 7 nitrogen and oxygen atoms in total. The molecule has 36 heavy (non-hydrogen) atoms. The van der Waals surface area contributed by atoms with Crippen LogP contribution in [0.15, 0.2) is 18.2 Å². The van der Waals surface area contributed by atoms with Crippen molar-refractivity contribution < 1.29 is 32.2 Å². The van der Waals surface area contributed by atoms with Crippen molar-refractivity contribution in [3.05, 3.63) is 29.6 Å². The molecule has 1 aromatic carbocycles. The summed E-state index contributed by atoms with van der Waals surface area (Å²) in [5.41, 5.74) is 6.27. The molecule has 2 aliphatic rings. The normalized spacial score (nSPS) is 19.9. The lowest BCUT2D eigenvalue weighted by atomic mass is 9.92. The number of halogens is 3. The maximum atomic E-state index is 14.8. The molecule has 2 atom stereocenters. The third-order valence-corrected chi connectivity index (χ3v) is 7.00. The first-order valence-corrected chi connectivity index (χ1v) is 12.8. The molecule has 0 spiro atoms. The molecule has 0 unspecified atom stereocenters. The number of carbonyl (C=O) groups excluding carboxylic acids is 2. The van der Waals surface area contributed by atoms with Crippen molar-refractivity contribution in [2.24, 2.45) is 11.7 Å². The van der Waals surface area contributed by atoms with Crippen molar-refractivity contribution in [2.75, 3.05) is 32.8 Å². The van der Waals surface area contributed by atoms with Gasteiger partial charge in [-0.05, 0) is 57.1 Å². The van der Waals surface area contributed by atoms with Gasteiger partial charge < -0.3 is 25.0 Å². The fourth-order valence-electron chi connectivity index (χ4n) is 4.75. The summed E-state index contributed by atoms with van der Waals surface area (Å²) >= 11 is 0. The number of piperidine rings is 1. The smallest absolute Gasteiger partial charge is 0.410 e. The van der Waals surface area contributed by atoms with Crippen LogP contribution in [-0.4, -0.2) is 72.7 Å². The van der Waals surface area contributed by atoms with Gasteiger partial charge in [-0.1, -0.05) is 13.0 Å². The highest BCUT2D eigenvalue weighted by Crippen LogP contribution is 2.30. The van der Waals surface area contributed by atoms with Gasteiger partial charge >= 0.3 is 6.09 Å². The highest BCUT2D eigenvalue weighted by atomic mass is 19.3. The molecule has 0 bridgehead atoms. The average molecular weight is 514 g/mol. The van der Waals surface area contributed by atoms with Crippen LogP contribution in [0.1, 0.15) is 64.4 Å². The van der Waals surface area contributed by atoms with Crippen LogP contribution in [0.2, 0.25) is 0 Å². The van der Waals surface area contributed by atoms with Crippen molar-refractivity contribution in [3.63, 3.8) is 0 Å². The summed E-state index contributed by atoms with van der Waals surface area (Å²) in [5.74, 6) is -3.83. The van der Waals surface area contributed by atoms with E-state index in [1.165, 1.54) is 12.1 Å². The first-order valence-electron chi connectivity index (χ1n) is 12.8. The van der Waals surface area contributed by atoms with E-state index in [1.54, 1.807) is 17.9 Å². The maximum absolute atomic E-state index is 14.8. The number of amides is 2. The molecule has 0 radical (unpaired) electrons. The van der Waals surface area contributed by atoms with Crippen LogP contribution in [0.5, 0.6) is 5.75 Å². The molecule has 2 heterocycles. The van der Waals surface area contributed by atoms with E-state index < -0.39 is 36.2 Å². The summed E-state index contributed by atoms with van der Waals surface area (Å²) in [4.78, 5) is 27.3. The topological polar surface area (TPSA) is 85.1 Å². The Kier molecular flexibility index (Phi) is 9.49. The Balaban J connectivity index is 1.41. The number of nitrogens with two attached hydrogens (primary N) is 1. The highest BCUT2D eigenvalue weighted by molar-refractivity contribution is 5.83. The van der Waals surface area contributed by atoms with Gasteiger partial charge in [0.05, 0.1) is 25.3 Å². The SMILES string of the molecule is CC(C)OC(=O)N1CCC(CCCOc2ccc([C@H](C)[C@H](N)C(=O)N3CCC(F)(F)C3)c(F)c2)CC1. The minimum Gasteiger partial charge on any atom is -0.493 e. The second kappa shape index (κ2) is 12.2. The lowest BCUT2D eigenvalue weighted by molar-refractivity contribution is -0.133. The summed E-state index contributed by atoms with van der Waals surface area (Å²) in [5, 5.41) is 0. The number of nitrogens with zero attached hydrogens (tertiary/aromatic N) is 2. The quantitative estimate of drug-likeness (QED) is 0.490. The molecule has 0 saturated carbocycles. The van der Waals surface area contributed by atoms with E-state index in [2.05, 4.69) is 0 Å². The van der Waals surface area contributed by atoms with Gasteiger partial charge in [0.15, 0.2) is 0 Å². The van der Waals surface area contributed by atoms with Crippen molar-refractivity contribution in [1.82, 2.24) is 9.80 Å². The van der Waals surface area contributed by atoms with Crippen LogP contribution in [-0.2, 0) is 9.53 Å². The molecule has 3 rings (SSSR count). The van der Waals surface area contributed by atoms with Crippen molar-refractivity contribution in [2.45, 2.75) is 76.9 Å². The van der Waals surface area contributed by atoms with E-state index in [-0.39, 0.29) is 30.7 Å². The van der Waals surface area contributed by atoms with Gasteiger partial charge in [-0.3, -0.25) is 4.79 Å². The molecule has 202 valence electrons. The van der Waals surface area contributed by atoms with Crippen LogP contribution in [0.25, 0.3) is 0 Å². The minimum absolute atomic E-state index is 0.0503. The number of rotatable bonds is 9. The van der Waals surface area contributed by atoms with E-state index >= 15 is 0 Å². The fraction of sp³-hybridized carbons (Fsp3) is 0.692. The Bertz CT molecular complexity index is 906. The third-order valence-electron chi connectivity index (χ3n) is 7.00. The van der Waals surface area contributed by atoms with Gasteiger partial charge in [0.2, 0.25) is 5.91 Å². The van der Waals surface area contributed by atoms with E-state index in [0.717, 1.165) is 30.6 Å². The number of hydrogen-bond acceptors (Lipinski definition) is 5. The number of carbonyl (C=O) groups is 2. The predicted molar refractivity (Wildman–Crippen MR) is 130 cm³/mol. The molecule has 2 amide bonds. The lowest BCUT2D eigenvalue weighted by Gasteiger charge is -2.31. The van der Waals surface area contributed by atoms with E-state index in [1.807, 2.05) is 13.8 Å². The van der Waals surface area contributed by atoms with Gasteiger partial charge in [-0.25, -0.2) is 18.0 Å². The molecule has 10 heteroatoms. The Morgan fingerprint density at radius 2 is 1.83 bits per heavy atom. The van der Waals surface area contributed by atoms with Crippen LogP contribution < -0.4 is 10.5 Å². The largest absolute Gasteiger partial charge is 0.493 e. The number of alkyl halides is 2. The second-order valence-corrected chi connectivity index (χ2v) is 10.2. The van der Waals surface area contributed by atoms with Gasteiger partial charge in [-0.15, -0.1) is 0 Å². The van der Waals surface area contributed by atoms with E-state index in [0.29, 0.717) is 31.4 Å². The summed E-state index contributed by atoms with van der Waals surface area (Å²) in [6.45, 7) is 6.40. The predicted octanol–water partition coefficient (Wildman–Crippen LogP) is 4.54. The van der Waals surface area contributed by atoms with E-state index in [9.17, 15) is 22.8 Å². The molecule has 0 aromatic heterocycles. The summed E-state index contributed by atoms with van der Waals surface area (Å²) in [6.07, 6.45) is 2.84. The standard InChI is InChI=1S/C26H38F3N3O4/c1-17(2)36-25(34)31-11-8-19(9-12-31)5-4-14-35-20-6-7-21(22(27)15-20)18(3)23(30)24(33)32-13-10-26(28,29)16-32/h6-7,15,17-19,23H,4-5,8-14,16,30H2,1-3H3/t18-,23-/m0/s1. The third kappa shape index (κ3) is 7.51. The fourth-order valence-corrected chi connectivity index (χ4v) is 4.75. The average Bonchev–Trinajstić information content (AvgIpc) is 3.20. The molecule has 0 aliphatic carbocycles. The summed E-state index contributed by atoms with van der Waals surface area (Å²) in [7, 11) is 0. The Morgan fingerprint density at radius 3 is 2.42 bits per heavy atom. The molecule has 2 N–H and O–H groups in total. The van der Waals surface area contributed by atoms with Crippen molar-refractivity contribution in [1.29, 1.82) is 0 Å². The van der Waals surface area contributed by atoms with Crippen LogP contribution >= 0.6 is 0 Å². The summed E-state index contributed by atoms with van der Waals surface area (Å²) in [6, 6.07) is 3.33. The zero-order chi connectivity index (χ0) is 26.5. The first kappa shape index (κ1) is 28.1. The number of hydrogen-bond donors (Lipinski definition) is 1. The van der Waals surface area contributed by atoms with Gasteiger partial charge in [0.1, 0.15) is 11.6 Å². The lowest BCUT2D eigenvalue weighted by Crippen LogP contribution is -2.46. The minimum atomic E-state index is -2.90. The number of benzene rings is 1. The van der Waals surface area contributed by atoms with Gasteiger partial charge in [0, 0.05) is 38.0 Å². The molecular weight excluding hydrogens is 475 g/mol. The van der Waals surface area contributed by atoms with E-state index in [4.69, 9.17) is 15.2 Å². The Labute approximate surface area is 211 Å². The second-order valence-electron chi connectivity index (χ2n) is 10.2. The first-order chi connectivity index (χ1) is 17.0. The number of likely N-dealkylation sites (tertiary alicyclic amines) is 2. The maximum Gasteiger partial charge on any atom is 0.410 e. The van der Waals surface area contributed by atoms with Crippen LogP contribution in [0.4, 0.5) is 18.0 Å². The van der Waals surface area contributed by atoms with Crippen molar-refractivity contribution in [3.8, 4) is 5.75 Å². The molecular formula is C26H38F3N3O4.